The molecule has 0 atom stereocenters. The molecule has 0 unspecified atom stereocenters. The number of carboxylic acids is 1. The van der Waals surface area contributed by atoms with Crippen molar-refractivity contribution in [2.75, 3.05) is 39.6 Å². The Labute approximate surface area is 141 Å². The van der Waals surface area contributed by atoms with Crippen molar-refractivity contribution >= 4 is 11.9 Å². The lowest BCUT2D eigenvalue weighted by atomic mass is 10.3. The fourth-order valence-corrected chi connectivity index (χ4v) is 1.77. The fourth-order valence-electron chi connectivity index (χ4n) is 1.77. The molecule has 24 heavy (non-hydrogen) atoms. The third-order valence-electron chi connectivity index (χ3n) is 2.97. The lowest BCUT2D eigenvalue weighted by Gasteiger charge is -2.08. The van der Waals surface area contributed by atoms with Gasteiger partial charge in [0.15, 0.2) is 0 Å². The normalized spacial score (nSPS) is 10.3. The van der Waals surface area contributed by atoms with Gasteiger partial charge in [-0.15, -0.1) is 0 Å². The molecule has 0 saturated carbocycles. The second kappa shape index (κ2) is 13.3. The topological polar surface area (TPSA) is 94.1 Å². The van der Waals surface area contributed by atoms with Gasteiger partial charge in [-0.3, -0.25) is 9.59 Å². The molecule has 0 radical (unpaired) electrons. The minimum Gasteiger partial charge on any atom is -0.491 e. The summed E-state index contributed by atoms with van der Waals surface area (Å²) >= 11 is 0. The summed E-state index contributed by atoms with van der Waals surface area (Å²) in [4.78, 5) is 21.5. The van der Waals surface area contributed by atoms with E-state index in [0.717, 1.165) is 5.75 Å². The molecule has 1 aromatic carbocycles. The van der Waals surface area contributed by atoms with E-state index in [1.807, 2.05) is 30.3 Å². The molecule has 0 aromatic heterocycles. The highest BCUT2D eigenvalue weighted by Gasteiger charge is 2.03. The smallest absolute Gasteiger partial charge is 0.303 e. The Morgan fingerprint density at radius 1 is 0.917 bits per heavy atom. The van der Waals surface area contributed by atoms with E-state index >= 15 is 0 Å². The predicted octanol–water partition coefficient (Wildman–Crippen LogP) is 1.47. The van der Waals surface area contributed by atoms with Gasteiger partial charge in [0.25, 0.3) is 0 Å². The van der Waals surface area contributed by atoms with Crippen LogP contribution >= 0.6 is 0 Å². The van der Waals surface area contributed by atoms with E-state index in [-0.39, 0.29) is 18.7 Å². The highest BCUT2D eigenvalue weighted by Crippen LogP contribution is 2.07. The molecule has 1 amide bonds. The monoisotopic (exact) mass is 339 g/mol. The second-order valence-corrected chi connectivity index (χ2v) is 4.98. The first-order valence-electron chi connectivity index (χ1n) is 8.00. The third kappa shape index (κ3) is 11.4. The van der Waals surface area contributed by atoms with Gasteiger partial charge in [0.05, 0.1) is 26.2 Å². The molecular formula is C17H25NO6. The Kier molecular flexibility index (Phi) is 11.1. The first kappa shape index (κ1) is 19.9. The number of para-hydroxylation sites is 1. The Balaban J connectivity index is 1.80. The van der Waals surface area contributed by atoms with Crippen LogP contribution < -0.4 is 10.1 Å². The zero-order valence-corrected chi connectivity index (χ0v) is 13.7. The SMILES string of the molecule is O=C(O)CCC(=O)NCCCOCCOCCOc1ccccc1. The van der Waals surface area contributed by atoms with Crippen molar-refractivity contribution in [3.05, 3.63) is 30.3 Å². The molecule has 0 aliphatic rings. The minimum atomic E-state index is -0.970. The van der Waals surface area contributed by atoms with Gasteiger partial charge in [0, 0.05) is 19.6 Å². The molecule has 7 nitrogen and oxygen atoms in total. The van der Waals surface area contributed by atoms with Crippen LogP contribution in [-0.2, 0) is 19.1 Å². The van der Waals surface area contributed by atoms with Crippen molar-refractivity contribution in [2.24, 2.45) is 0 Å². The zero-order chi connectivity index (χ0) is 17.5. The Morgan fingerprint density at radius 3 is 2.29 bits per heavy atom. The van der Waals surface area contributed by atoms with E-state index in [2.05, 4.69) is 5.32 Å². The summed E-state index contributed by atoms with van der Waals surface area (Å²) in [6.07, 6.45) is 0.540. The number of hydrogen-bond donors (Lipinski definition) is 2. The number of ether oxygens (including phenoxy) is 3. The van der Waals surface area contributed by atoms with Gasteiger partial charge < -0.3 is 24.6 Å². The number of amides is 1. The van der Waals surface area contributed by atoms with Gasteiger partial charge >= 0.3 is 5.97 Å². The van der Waals surface area contributed by atoms with Crippen LogP contribution in [0.15, 0.2) is 30.3 Å². The maximum absolute atomic E-state index is 11.2. The van der Waals surface area contributed by atoms with Crippen molar-refractivity contribution in [1.82, 2.24) is 5.32 Å². The van der Waals surface area contributed by atoms with Crippen LogP contribution in [0.25, 0.3) is 0 Å². The molecule has 1 aromatic rings. The van der Waals surface area contributed by atoms with Gasteiger partial charge in [-0.1, -0.05) is 18.2 Å². The third-order valence-corrected chi connectivity index (χ3v) is 2.97. The highest BCUT2D eigenvalue weighted by molar-refractivity contribution is 5.80. The van der Waals surface area contributed by atoms with Crippen LogP contribution in [-0.4, -0.2) is 56.6 Å². The van der Waals surface area contributed by atoms with Gasteiger partial charge in [-0.2, -0.15) is 0 Å². The lowest BCUT2D eigenvalue weighted by molar-refractivity contribution is -0.138. The van der Waals surface area contributed by atoms with E-state index in [1.54, 1.807) is 0 Å². The molecule has 0 spiro atoms. The number of carbonyl (C=O) groups excluding carboxylic acids is 1. The Bertz CT molecular complexity index is 465. The first-order chi connectivity index (χ1) is 11.7. The minimum absolute atomic E-state index is 0.00901. The van der Waals surface area contributed by atoms with E-state index in [4.69, 9.17) is 19.3 Å². The fraction of sp³-hybridized carbons (Fsp3) is 0.529. The number of carbonyl (C=O) groups is 2. The standard InChI is InChI=1S/C17H25NO6/c19-16(7-8-17(20)21)18-9-4-10-22-11-12-23-13-14-24-15-5-2-1-3-6-15/h1-3,5-6H,4,7-14H2,(H,18,19)(H,20,21). The zero-order valence-electron chi connectivity index (χ0n) is 13.7. The van der Waals surface area contributed by atoms with Crippen molar-refractivity contribution in [2.45, 2.75) is 19.3 Å². The average molecular weight is 339 g/mol. The van der Waals surface area contributed by atoms with E-state index < -0.39 is 5.97 Å². The van der Waals surface area contributed by atoms with E-state index in [9.17, 15) is 9.59 Å². The molecule has 134 valence electrons. The largest absolute Gasteiger partial charge is 0.491 e. The second-order valence-electron chi connectivity index (χ2n) is 4.98. The van der Waals surface area contributed by atoms with E-state index in [0.29, 0.717) is 46.0 Å². The highest BCUT2D eigenvalue weighted by atomic mass is 16.5. The number of benzene rings is 1. The van der Waals surface area contributed by atoms with Crippen LogP contribution in [0.2, 0.25) is 0 Å². The number of aliphatic carboxylic acids is 1. The van der Waals surface area contributed by atoms with Crippen LogP contribution in [0, 0.1) is 0 Å². The lowest BCUT2D eigenvalue weighted by Crippen LogP contribution is -2.25. The summed E-state index contributed by atoms with van der Waals surface area (Å²) in [6.45, 7) is 2.96. The van der Waals surface area contributed by atoms with Crippen molar-refractivity contribution in [3.63, 3.8) is 0 Å². The molecule has 2 N–H and O–H groups in total. The quantitative estimate of drug-likeness (QED) is 0.499. The molecule has 1 rings (SSSR count). The molecular weight excluding hydrogens is 314 g/mol. The molecule has 0 fully saturated rings. The van der Waals surface area contributed by atoms with Crippen LogP contribution in [0.3, 0.4) is 0 Å². The van der Waals surface area contributed by atoms with Crippen LogP contribution in [0.1, 0.15) is 19.3 Å². The number of rotatable bonds is 14. The number of hydrogen-bond acceptors (Lipinski definition) is 5. The van der Waals surface area contributed by atoms with Gasteiger partial charge in [-0.05, 0) is 18.6 Å². The summed E-state index contributed by atoms with van der Waals surface area (Å²) < 4.78 is 16.2. The summed E-state index contributed by atoms with van der Waals surface area (Å²) in [6, 6.07) is 9.55. The first-order valence-corrected chi connectivity index (χ1v) is 8.00. The van der Waals surface area contributed by atoms with Crippen molar-refractivity contribution in [3.8, 4) is 5.75 Å². The summed E-state index contributed by atoms with van der Waals surface area (Å²) in [5, 5.41) is 11.1. The Morgan fingerprint density at radius 2 is 1.58 bits per heavy atom. The van der Waals surface area contributed by atoms with Crippen LogP contribution in [0.4, 0.5) is 0 Å². The number of nitrogens with one attached hydrogen (secondary N) is 1. The average Bonchev–Trinajstić information content (AvgIpc) is 2.58. The van der Waals surface area contributed by atoms with E-state index in [1.165, 1.54) is 0 Å². The Hall–Kier alpha value is -2.12. The number of carboxylic acid groups (broad SMARTS) is 1. The molecule has 0 aliphatic carbocycles. The molecule has 0 heterocycles. The summed E-state index contributed by atoms with van der Waals surface area (Å²) in [5.74, 6) is -0.399. The summed E-state index contributed by atoms with van der Waals surface area (Å²) in [5.41, 5.74) is 0. The van der Waals surface area contributed by atoms with Gasteiger partial charge in [0.2, 0.25) is 5.91 Å². The van der Waals surface area contributed by atoms with Crippen molar-refractivity contribution < 1.29 is 28.9 Å². The van der Waals surface area contributed by atoms with Crippen LogP contribution in [0.5, 0.6) is 5.75 Å². The molecule has 0 aliphatic heterocycles. The van der Waals surface area contributed by atoms with Gasteiger partial charge in [0.1, 0.15) is 12.4 Å². The maximum atomic E-state index is 11.2. The summed E-state index contributed by atoms with van der Waals surface area (Å²) in [7, 11) is 0. The van der Waals surface area contributed by atoms with Gasteiger partial charge in [-0.25, -0.2) is 0 Å². The molecule has 0 bridgehead atoms. The predicted molar refractivity (Wildman–Crippen MR) is 88.1 cm³/mol. The molecule has 0 saturated heterocycles. The molecule has 7 heteroatoms. The van der Waals surface area contributed by atoms with Crippen molar-refractivity contribution in [1.29, 1.82) is 0 Å². The maximum Gasteiger partial charge on any atom is 0.303 e.